The van der Waals surface area contributed by atoms with Gasteiger partial charge in [0.25, 0.3) is 0 Å². The number of aliphatic hydroxyl groups is 1. The van der Waals surface area contributed by atoms with Crippen LogP contribution >= 0.6 is 63.7 Å². The average Bonchev–Trinajstić information content (AvgIpc) is 2.56. The van der Waals surface area contributed by atoms with Crippen LogP contribution in [0.2, 0.25) is 0 Å². The maximum Gasteiger partial charge on any atom is 0.416 e. The molecule has 0 amide bonds. The van der Waals surface area contributed by atoms with Crippen LogP contribution in [0.15, 0.2) is 43.7 Å². The van der Waals surface area contributed by atoms with Crippen molar-refractivity contribution in [3.63, 3.8) is 0 Å². The predicted molar refractivity (Wildman–Crippen MR) is 108 cm³/mol. The smallest absolute Gasteiger partial charge is 0.388 e. The van der Waals surface area contributed by atoms with E-state index in [1.54, 1.807) is 6.07 Å². The van der Waals surface area contributed by atoms with Crippen LogP contribution < -0.4 is 0 Å². The van der Waals surface area contributed by atoms with Crippen molar-refractivity contribution in [3.8, 4) is 0 Å². The molecule has 1 nitrogen and oxygen atoms in total. The van der Waals surface area contributed by atoms with Gasteiger partial charge in [0.15, 0.2) is 0 Å². The molecule has 0 aliphatic rings. The Balaban J connectivity index is 2.54. The fourth-order valence-corrected chi connectivity index (χ4v) is 4.81. The molecule has 0 heterocycles. The third kappa shape index (κ3) is 3.52. The third-order valence-electron chi connectivity index (χ3n) is 3.94. The standard InChI is InChI=1S/C17H9Br4F3O/c18-6-13(25)10-3-7-4-12(19)15(20)16(21)14(7)11-5-8(17(22,23)24)1-2-9(10)11/h1-5,13,25H,6H2/t13-/m0/s1. The number of benzene rings is 3. The van der Waals surface area contributed by atoms with Crippen molar-refractivity contribution in [2.75, 3.05) is 5.33 Å². The van der Waals surface area contributed by atoms with Gasteiger partial charge in [0.05, 0.1) is 11.7 Å². The zero-order valence-corrected chi connectivity index (χ0v) is 18.6. The van der Waals surface area contributed by atoms with Crippen LogP contribution in [0.3, 0.4) is 0 Å². The van der Waals surface area contributed by atoms with Gasteiger partial charge in [-0.25, -0.2) is 0 Å². The second kappa shape index (κ2) is 7.11. The van der Waals surface area contributed by atoms with E-state index in [1.165, 1.54) is 6.07 Å². The summed E-state index contributed by atoms with van der Waals surface area (Å²) in [7, 11) is 0. The lowest BCUT2D eigenvalue weighted by Crippen LogP contribution is -2.06. The van der Waals surface area contributed by atoms with Gasteiger partial charge in [0.1, 0.15) is 0 Å². The van der Waals surface area contributed by atoms with E-state index in [1.807, 2.05) is 6.07 Å². The number of hydrogen-bond donors (Lipinski definition) is 1. The van der Waals surface area contributed by atoms with Gasteiger partial charge in [-0.05, 0) is 93.8 Å². The van der Waals surface area contributed by atoms with Crippen LogP contribution in [0.5, 0.6) is 0 Å². The highest BCUT2D eigenvalue weighted by atomic mass is 79.9. The zero-order chi connectivity index (χ0) is 18.5. The van der Waals surface area contributed by atoms with Crippen molar-refractivity contribution in [1.82, 2.24) is 0 Å². The lowest BCUT2D eigenvalue weighted by Gasteiger charge is -2.17. The number of halogens is 7. The first-order valence-corrected chi connectivity index (χ1v) is 10.5. The Hall–Kier alpha value is -0.150. The lowest BCUT2D eigenvalue weighted by molar-refractivity contribution is -0.137. The molecule has 3 rings (SSSR count). The molecule has 8 heteroatoms. The maximum atomic E-state index is 13.2. The molecule has 0 fully saturated rings. The molecular formula is C17H9Br4F3O. The van der Waals surface area contributed by atoms with E-state index in [9.17, 15) is 18.3 Å². The summed E-state index contributed by atoms with van der Waals surface area (Å²) in [5.74, 6) is 0. The molecule has 1 atom stereocenters. The van der Waals surface area contributed by atoms with Gasteiger partial charge in [-0.2, -0.15) is 13.2 Å². The van der Waals surface area contributed by atoms with E-state index in [2.05, 4.69) is 63.7 Å². The molecule has 0 saturated carbocycles. The van der Waals surface area contributed by atoms with Crippen LogP contribution in [0, 0.1) is 0 Å². The number of aliphatic hydroxyl groups excluding tert-OH is 1. The molecule has 0 radical (unpaired) electrons. The van der Waals surface area contributed by atoms with Gasteiger partial charge in [-0.1, -0.05) is 22.0 Å². The zero-order valence-electron chi connectivity index (χ0n) is 12.3. The van der Waals surface area contributed by atoms with E-state index in [4.69, 9.17) is 0 Å². The number of alkyl halides is 4. The van der Waals surface area contributed by atoms with Gasteiger partial charge in [0.2, 0.25) is 0 Å². The van der Waals surface area contributed by atoms with Crippen molar-refractivity contribution in [3.05, 3.63) is 54.9 Å². The molecule has 1 N–H and O–H groups in total. The van der Waals surface area contributed by atoms with E-state index in [0.29, 0.717) is 30.7 Å². The molecule has 0 aliphatic heterocycles. The first-order valence-electron chi connectivity index (χ1n) is 7.00. The topological polar surface area (TPSA) is 20.2 Å². The average molecular weight is 606 g/mol. The maximum absolute atomic E-state index is 13.2. The highest BCUT2D eigenvalue weighted by Gasteiger charge is 2.31. The van der Waals surface area contributed by atoms with Crippen LogP contribution in [-0.2, 0) is 6.18 Å². The van der Waals surface area contributed by atoms with E-state index in [0.717, 1.165) is 22.0 Å². The molecule has 25 heavy (non-hydrogen) atoms. The molecule has 0 bridgehead atoms. The first-order chi connectivity index (χ1) is 11.6. The highest BCUT2D eigenvalue weighted by molar-refractivity contribution is 9.14. The van der Waals surface area contributed by atoms with Gasteiger partial charge in [0, 0.05) is 24.1 Å². The van der Waals surface area contributed by atoms with Crippen molar-refractivity contribution in [1.29, 1.82) is 0 Å². The van der Waals surface area contributed by atoms with Gasteiger partial charge >= 0.3 is 6.18 Å². The normalized spacial score (nSPS) is 13.6. The summed E-state index contributed by atoms with van der Waals surface area (Å²) in [6.07, 6.45) is -5.27. The Morgan fingerprint density at radius 2 is 1.64 bits per heavy atom. The van der Waals surface area contributed by atoms with Crippen LogP contribution in [0.1, 0.15) is 17.2 Å². The molecule has 132 valence electrons. The summed E-state index contributed by atoms with van der Waals surface area (Å²) in [4.78, 5) is 0. The highest BCUT2D eigenvalue weighted by Crippen LogP contribution is 2.44. The van der Waals surface area contributed by atoms with E-state index < -0.39 is 17.8 Å². The summed E-state index contributed by atoms with van der Waals surface area (Å²) < 4.78 is 41.7. The minimum absolute atomic E-state index is 0.285. The summed E-state index contributed by atoms with van der Waals surface area (Å²) in [5, 5.41) is 13.0. The number of hydrogen-bond acceptors (Lipinski definition) is 1. The summed E-state index contributed by atoms with van der Waals surface area (Å²) in [6, 6.07) is 7.21. The molecular weight excluding hydrogens is 597 g/mol. The SMILES string of the molecule is O[C@@H](CBr)c1cc2cc(Br)c(Br)c(Br)c2c2cc(C(F)(F)F)ccc12. The Morgan fingerprint density at radius 1 is 0.960 bits per heavy atom. The molecule has 3 aromatic carbocycles. The van der Waals surface area contributed by atoms with Crippen LogP contribution in [0.4, 0.5) is 13.2 Å². The van der Waals surface area contributed by atoms with Crippen molar-refractivity contribution >= 4 is 85.3 Å². The first kappa shape index (κ1) is 19.6. The number of fused-ring (bicyclic) bond motifs is 3. The second-order valence-electron chi connectivity index (χ2n) is 5.48. The Morgan fingerprint density at radius 3 is 2.24 bits per heavy atom. The van der Waals surface area contributed by atoms with E-state index in [-0.39, 0.29) is 5.33 Å². The van der Waals surface area contributed by atoms with Gasteiger partial charge in [-0.3, -0.25) is 0 Å². The van der Waals surface area contributed by atoms with Crippen molar-refractivity contribution < 1.29 is 18.3 Å². The fourth-order valence-electron chi connectivity index (χ4n) is 2.78. The van der Waals surface area contributed by atoms with Gasteiger partial charge < -0.3 is 5.11 Å². The Bertz CT molecular complexity index is 985. The quantitative estimate of drug-likeness (QED) is 0.180. The van der Waals surface area contributed by atoms with E-state index >= 15 is 0 Å². The van der Waals surface area contributed by atoms with Crippen molar-refractivity contribution in [2.45, 2.75) is 12.3 Å². The van der Waals surface area contributed by atoms with Crippen LogP contribution in [-0.4, -0.2) is 10.4 Å². The fraction of sp³-hybridized carbons (Fsp3) is 0.176. The molecule has 0 spiro atoms. The molecule has 0 saturated heterocycles. The monoisotopic (exact) mass is 602 g/mol. The summed E-state index contributed by atoms with van der Waals surface area (Å²) in [5.41, 5.74) is -0.146. The minimum atomic E-state index is -4.44. The number of rotatable bonds is 2. The Kier molecular flexibility index (Phi) is 5.58. The summed E-state index contributed by atoms with van der Waals surface area (Å²) in [6.45, 7) is 0. The molecule has 3 aromatic rings. The lowest BCUT2D eigenvalue weighted by atomic mass is 9.93. The molecule has 0 unspecified atom stereocenters. The van der Waals surface area contributed by atoms with Crippen molar-refractivity contribution in [2.24, 2.45) is 0 Å². The summed E-state index contributed by atoms with van der Waals surface area (Å²) >= 11 is 13.6. The molecule has 0 aromatic heterocycles. The largest absolute Gasteiger partial charge is 0.416 e. The van der Waals surface area contributed by atoms with Gasteiger partial charge in [-0.15, -0.1) is 0 Å². The predicted octanol–water partition coefficient (Wildman–Crippen LogP) is 7.73. The Labute approximate surface area is 175 Å². The second-order valence-corrected chi connectivity index (χ2v) is 8.57. The van der Waals surface area contributed by atoms with Crippen LogP contribution in [0.25, 0.3) is 21.5 Å². The molecule has 0 aliphatic carbocycles. The third-order valence-corrected chi connectivity index (χ3v) is 7.86. The minimum Gasteiger partial charge on any atom is -0.388 e.